The highest BCUT2D eigenvalue weighted by molar-refractivity contribution is 7.85. The average Bonchev–Trinajstić information content (AvgIpc) is 3.37. The third-order valence-electron chi connectivity index (χ3n) is 10.0. The second kappa shape index (κ2) is 14.4. The van der Waals surface area contributed by atoms with E-state index in [0.717, 1.165) is 53.2 Å². The van der Waals surface area contributed by atoms with E-state index in [1.807, 2.05) is 36.4 Å². The number of hydrogen-bond acceptors (Lipinski definition) is 8. The smallest absolute Gasteiger partial charge is 0.209 e. The van der Waals surface area contributed by atoms with Crippen molar-refractivity contribution in [2.45, 2.75) is 83.5 Å². The van der Waals surface area contributed by atoms with E-state index in [0.29, 0.717) is 38.8 Å². The number of benzene rings is 2. The molecule has 9 nitrogen and oxygen atoms in total. The number of anilines is 1. The number of aliphatic hydroxyl groups is 1. The van der Waals surface area contributed by atoms with E-state index in [-0.39, 0.29) is 28.1 Å². The fraction of sp³-hybridized carbons (Fsp3) is 0.447. The molecule has 0 fully saturated rings. The molecule has 2 heterocycles. The number of unbranched alkanes of at least 4 members (excludes halogenated alkanes) is 2. The summed E-state index contributed by atoms with van der Waals surface area (Å²) in [5, 5.41) is 11.5. The van der Waals surface area contributed by atoms with E-state index in [1.54, 1.807) is 0 Å². The van der Waals surface area contributed by atoms with E-state index < -0.39 is 20.2 Å². The number of rotatable bonds is 13. The van der Waals surface area contributed by atoms with Crippen molar-refractivity contribution < 1.29 is 35.6 Å². The number of aliphatic hydroxyl groups excluding tert-OH is 1. The van der Waals surface area contributed by atoms with E-state index >= 15 is 0 Å². The van der Waals surface area contributed by atoms with Crippen molar-refractivity contribution in [1.29, 1.82) is 0 Å². The molecule has 5 rings (SSSR count). The molecule has 11 heteroatoms. The van der Waals surface area contributed by atoms with Crippen LogP contribution in [0.15, 0.2) is 95.4 Å². The van der Waals surface area contributed by atoms with Gasteiger partial charge in [0.25, 0.3) is 0 Å². The molecular weight excluding hydrogens is 661 g/mol. The van der Waals surface area contributed by atoms with Crippen LogP contribution in [0.2, 0.25) is 0 Å². The van der Waals surface area contributed by atoms with Gasteiger partial charge in [-0.15, -0.1) is 0 Å². The standard InChI is InChI=1S/C38H48N2O7S2/c1-37(2)30-16-5-7-18-32(30)39(24-9-11-26-48(42,43)44)34(37)22-20-28-14-13-15-29(36(28)41)21-23-35-38(3,4)31-17-6-8-19-33(31)40(35)25-10-12-27-49(45,46)47/h5-8,16-23H,9-15,24-27H2,1-4H3,(H2,42,43,44,45,46,47)/p-1/b28-20+,34-22+. The molecule has 2 aromatic carbocycles. The Hall–Kier alpha value is -3.51. The summed E-state index contributed by atoms with van der Waals surface area (Å²) in [6.45, 7) is 9.78. The first-order chi connectivity index (χ1) is 23.0. The first kappa shape index (κ1) is 36.8. The van der Waals surface area contributed by atoms with Gasteiger partial charge in [-0.25, -0.2) is 16.8 Å². The van der Waals surface area contributed by atoms with Crippen molar-refractivity contribution in [3.05, 3.63) is 107 Å². The molecule has 0 amide bonds. The summed E-state index contributed by atoms with van der Waals surface area (Å²) in [4.78, 5) is 2.20. The van der Waals surface area contributed by atoms with Gasteiger partial charge in [0.05, 0.1) is 25.7 Å². The lowest BCUT2D eigenvalue weighted by atomic mass is 9.81. The molecule has 264 valence electrons. The van der Waals surface area contributed by atoms with Crippen LogP contribution in [0.1, 0.15) is 83.8 Å². The number of fused-ring (bicyclic) bond motifs is 2. The van der Waals surface area contributed by atoms with Gasteiger partial charge in [0.1, 0.15) is 12.3 Å². The van der Waals surface area contributed by atoms with Gasteiger partial charge in [-0.2, -0.15) is 4.58 Å². The Balaban J connectivity index is 1.44. The highest BCUT2D eigenvalue weighted by Gasteiger charge is 2.44. The number of para-hydroxylation sites is 2. The largest absolute Gasteiger partial charge is 0.748 e. The maximum Gasteiger partial charge on any atom is 0.209 e. The average molecular weight is 708 g/mol. The minimum Gasteiger partial charge on any atom is -0.748 e. The monoisotopic (exact) mass is 707 g/mol. The minimum atomic E-state index is -4.26. The quantitative estimate of drug-likeness (QED) is 0.135. The lowest BCUT2D eigenvalue weighted by Gasteiger charge is -2.27. The summed E-state index contributed by atoms with van der Waals surface area (Å²) in [5.74, 6) is -0.493. The van der Waals surface area contributed by atoms with E-state index in [2.05, 4.69) is 73.6 Å². The predicted octanol–water partition coefficient (Wildman–Crippen LogP) is 6.87. The fourth-order valence-corrected chi connectivity index (χ4v) is 8.57. The first-order valence-corrected chi connectivity index (χ1v) is 20.2. The SMILES string of the molecule is CC1(C)C(/C=C/C2=C(O)C(=C/C=C3/N(CCCCS(=O)(=O)[O-])c4ccccc4C3(C)C)/CCC2)=[N+](CCCCS(=O)(=O)[O-])c2ccccc21. The fourth-order valence-electron chi connectivity index (χ4n) is 7.46. The molecular formula is C38H47N2O7S2-. The number of nitrogens with zero attached hydrogens (tertiary/aromatic N) is 2. The zero-order valence-corrected chi connectivity index (χ0v) is 30.4. The Morgan fingerprint density at radius 1 is 0.796 bits per heavy atom. The highest BCUT2D eigenvalue weighted by atomic mass is 32.2. The van der Waals surface area contributed by atoms with Crippen LogP contribution in [0.3, 0.4) is 0 Å². The van der Waals surface area contributed by atoms with Crippen LogP contribution in [-0.2, 0) is 31.1 Å². The molecule has 0 radical (unpaired) electrons. The highest BCUT2D eigenvalue weighted by Crippen LogP contribution is 2.48. The summed E-state index contributed by atoms with van der Waals surface area (Å²) in [7, 11) is -8.53. The maximum absolute atomic E-state index is 11.5. The zero-order valence-electron chi connectivity index (χ0n) is 28.8. The summed E-state index contributed by atoms with van der Waals surface area (Å²) >= 11 is 0. The minimum absolute atomic E-state index is 0.265. The molecule has 0 bridgehead atoms. The second-order valence-corrected chi connectivity index (χ2v) is 17.3. The lowest BCUT2D eigenvalue weighted by molar-refractivity contribution is -0.438. The van der Waals surface area contributed by atoms with Crippen molar-refractivity contribution in [3.8, 4) is 0 Å². The normalized spacial score (nSPS) is 20.6. The molecule has 0 spiro atoms. The van der Waals surface area contributed by atoms with Crippen molar-refractivity contribution in [3.63, 3.8) is 0 Å². The van der Waals surface area contributed by atoms with Gasteiger partial charge in [0.15, 0.2) is 5.71 Å². The van der Waals surface area contributed by atoms with Crippen molar-refractivity contribution in [1.82, 2.24) is 0 Å². The maximum atomic E-state index is 11.5. The molecule has 3 aliphatic rings. The Bertz CT molecular complexity index is 1970. The van der Waals surface area contributed by atoms with E-state index in [9.17, 15) is 31.0 Å². The first-order valence-electron chi connectivity index (χ1n) is 17.0. The number of allylic oxidation sites excluding steroid dienone is 7. The summed E-state index contributed by atoms with van der Waals surface area (Å²) in [5.41, 5.74) is 7.59. The van der Waals surface area contributed by atoms with Gasteiger partial charge in [0.2, 0.25) is 5.69 Å². The van der Waals surface area contributed by atoms with Crippen molar-refractivity contribution in [2.75, 3.05) is 29.5 Å². The van der Waals surface area contributed by atoms with Crippen LogP contribution < -0.4 is 4.90 Å². The van der Waals surface area contributed by atoms with Crippen LogP contribution in [-0.4, -0.2) is 65.9 Å². The predicted molar refractivity (Wildman–Crippen MR) is 192 cm³/mol. The Morgan fingerprint density at radius 2 is 1.43 bits per heavy atom. The zero-order chi connectivity index (χ0) is 35.6. The van der Waals surface area contributed by atoms with Gasteiger partial charge >= 0.3 is 0 Å². The molecule has 0 aromatic heterocycles. The van der Waals surface area contributed by atoms with Crippen molar-refractivity contribution >= 4 is 37.3 Å². The topological polar surface area (TPSA) is 141 Å². The van der Waals surface area contributed by atoms with Crippen LogP contribution in [0.5, 0.6) is 0 Å². The van der Waals surface area contributed by atoms with E-state index in [1.165, 1.54) is 11.1 Å². The summed E-state index contributed by atoms with van der Waals surface area (Å²) in [6.07, 6.45) is 12.1. The Kier molecular flexibility index (Phi) is 10.8. The molecule has 0 saturated carbocycles. The van der Waals surface area contributed by atoms with Crippen LogP contribution >= 0.6 is 0 Å². The molecule has 0 saturated heterocycles. The molecule has 2 aromatic rings. The molecule has 49 heavy (non-hydrogen) atoms. The van der Waals surface area contributed by atoms with Gasteiger partial charge in [-0.3, -0.25) is 0 Å². The summed E-state index contributed by atoms with van der Waals surface area (Å²) in [6, 6.07) is 16.3. The molecule has 0 atom stereocenters. The number of hydrogen-bond donors (Lipinski definition) is 1. The molecule has 2 aliphatic heterocycles. The molecule has 1 N–H and O–H groups in total. The van der Waals surface area contributed by atoms with Gasteiger partial charge in [-0.05, 0) is 87.3 Å². The van der Waals surface area contributed by atoms with Crippen LogP contribution in [0, 0.1) is 0 Å². The molecule has 0 unspecified atom stereocenters. The van der Waals surface area contributed by atoms with Gasteiger partial charge in [0, 0.05) is 59.0 Å². The van der Waals surface area contributed by atoms with Crippen LogP contribution in [0.25, 0.3) is 0 Å². The Labute approximate surface area is 291 Å². The van der Waals surface area contributed by atoms with E-state index in [4.69, 9.17) is 0 Å². The second-order valence-electron chi connectivity index (χ2n) is 14.2. The van der Waals surface area contributed by atoms with Gasteiger partial charge in [-0.1, -0.05) is 56.3 Å². The van der Waals surface area contributed by atoms with Crippen molar-refractivity contribution in [2.24, 2.45) is 0 Å². The summed E-state index contributed by atoms with van der Waals surface area (Å²) < 4.78 is 69.3. The molecule has 1 aliphatic carbocycles. The lowest BCUT2D eigenvalue weighted by Crippen LogP contribution is -2.28. The third-order valence-corrected chi connectivity index (χ3v) is 11.6. The van der Waals surface area contributed by atoms with Gasteiger partial charge < -0.3 is 19.1 Å². The Morgan fingerprint density at radius 3 is 2.12 bits per heavy atom. The third kappa shape index (κ3) is 8.28. The van der Waals surface area contributed by atoms with Crippen LogP contribution in [0.4, 0.5) is 11.4 Å².